The van der Waals surface area contributed by atoms with Gasteiger partial charge in [-0.25, -0.2) is 4.90 Å². The molecule has 2 aliphatic rings. The van der Waals surface area contributed by atoms with E-state index in [-0.39, 0.29) is 24.0 Å². The summed E-state index contributed by atoms with van der Waals surface area (Å²) in [5, 5.41) is 0. The lowest BCUT2D eigenvalue weighted by Crippen LogP contribution is -2.47. The van der Waals surface area contributed by atoms with E-state index in [9.17, 15) is 9.59 Å². The van der Waals surface area contributed by atoms with E-state index in [1.165, 1.54) is 4.90 Å². The quantitative estimate of drug-likeness (QED) is 0.706. The van der Waals surface area contributed by atoms with Crippen molar-refractivity contribution in [3.63, 3.8) is 0 Å². The van der Waals surface area contributed by atoms with E-state index in [4.69, 9.17) is 9.47 Å². The molecular formula is C25H28N2O4. The van der Waals surface area contributed by atoms with E-state index in [1.807, 2.05) is 50.8 Å². The number of anilines is 1. The Labute approximate surface area is 183 Å². The van der Waals surface area contributed by atoms with Gasteiger partial charge >= 0.3 is 0 Å². The summed E-state index contributed by atoms with van der Waals surface area (Å²) < 4.78 is 11.1. The lowest BCUT2D eigenvalue weighted by molar-refractivity contribution is -0.121. The Morgan fingerprint density at radius 3 is 2.16 bits per heavy atom. The van der Waals surface area contributed by atoms with Crippen molar-refractivity contribution >= 4 is 23.1 Å². The molecule has 6 heteroatoms. The number of amides is 2. The summed E-state index contributed by atoms with van der Waals surface area (Å²) in [6.45, 7) is 9.09. The largest absolute Gasteiger partial charge is 0.497 e. The Morgan fingerprint density at radius 2 is 1.58 bits per heavy atom. The number of carbonyl (C=O) groups excluding carboxylic acids is 2. The first-order valence-electron chi connectivity index (χ1n) is 10.5. The van der Waals surface area contributed by atoms with Gasteiger partial charge in [0.25, 0.3) is 11.8 Å². The highest BCUT2D eigenvalue weighted by atomic mass is 16.5. The molecule has 31 heavy (non-hydrogen) atoms. The molecular weight excluding hydrogens is 392 g/mol. The molecule has 0 aromatic heterocycles. The summed E-state index contributed by atoms with van der Waals surface area (Å²) in [5.41, 5.74) is 4.32. The standard InChI is InChI=1S/C25H28N2O4/c1-15-6-11-21(16(2)12-15)22-23(26-13-17(3)31-18(4)14-26)25(29)27(24(22)28)19-7-9-20(30-5)10-8-19/h6-12,17-18H,13-14H2,1-5H3. The molecule has 2 aliphatic heterocycles. The van der Waals surface area contributed by atoms with Crippen molar-refractivity contribution in [2.45, 2.75) is 39.9 Å². The molecule has 0 radical (unpaired) electrons. The summed E-state index contributed by atoms with van der Waals surface area (Å²) in [6, 6.07) is 12.9. The van der Waals surface area contributed by atoms with Crippen LogP contribution in [0.5, 0.6) is 5.75 Å². The van der Waals surface area contributed by atoms with Gasteiger partial charge < -0.3 is 14.4 Å². The van der Waals surface area contributed by atoms with Gasteiger partial charge in [0, 0.05) is 13.1 Å². The summed E-state index contributed by atoms with van der Waals surface area (Å²) in [5.74, 6) is 0.0665. The molecule has 0 bridgehead atoms. The summed E-state index contributed by atoms with van der Waals surface area (Å²) in [6.07, 6.45) is -0.0656. The Hall–Kier alpha value is -3.12. The molecule has 2 heterocycles. The number of ether oxygens (including phenoxy) is 2. The molecule has 0 N–H and O–H groups in total. The maximum absolute atomic E-state index is 13.7. The van der Waals surface area contributed by atoms with Crippen LogP contribution in [-0.4, -0.2) is 49.1 Å². The second-order valence-electron chi connectivity index (χ2n) is 8.35. The van der Waals surface area contributed by atoms with Gasteiger partial charge in [-0.2, -0.15) is 0 Å². The van der Waals surface area contributed by atoms with Gasteiger partial charge in [0.15, 0.2) is 0 Å². The molecule has 4 rings (SSSR count). The highest BCUT2D eigenvalue weighted by Crippen LogP contribution is 2.37. The number of rotatable bonds is 4. The highest BCUT2D eigenvalue weighted by molar-refractivity contribution is 6.45. The molecule has 2 aromatic rings. The van der Waals surface area contributed by atoms with Crippen molar-refractivity contribution in [2.24, 2.45) is 0 Å². The third-order valence-corrected chi connectivity index (χ3v) is 5.78. The van der Waals surface area contributed by atoms with Crippen LogP contribution in [-0.2, 0) is 14.3 Å². The number of hydrogen-bond acceptors (Lipinski definition) is 5. The first-order chi connectivity index (χ1) is 14.8. The average molecular weight is 421 g/mol. The topological polar surface area (TPSA) is 59.1 Å². The number of benzene rings is 2. The third-order valence-electron chi connectivity index (χ3n) is 5.78. The van der Waals surface area contributed by atoms with Crippen LogP contribution in [0.15, 0.2) is 48.2 Å². The van der Waals surface area contributed by atoms with Crippen LogP contribution in [0.2, 0.25) is 0 Å². The smallest absolute Gasteiger partial charge is 0.282 e. The van der Waals surface area contributed by atoms with Gasteiger partial charge in [-0.3, -0.25) is 9.59 Å². The number of nitrogens with zero attached hydrogens (tertiary/aromatic N) is 2. The zero-order chi connectivity index (χ0) is 22.3. The van der Waals surface area contributed by atoms with Gasteiger partial charge in [0.1, 0.15) is 11.4 Å². The molecule has 6 nitrogen and oxygen atoms in total. The SMILES string of the molecule is COc1ccc(N2C(=O)C(c3ccc(C)cc3C)=C(N3CC(C)OC(C)C3)C2=O)cc1. The van der Waals surface area contributed by atoms with Crippen LogP contribution < -0.4 is 9.64 Å². The molecule has 1 fully saturated rings. The molecule has 2 aromatic carbocycles. The van der Waals surface area contributed by atoms with E-state index in [0.29, 0.717) is 35.8 Å². The fraction of sp³-hybridized carbons (Fsp3) is 0.360. The van der Waals surface area contributed by atoms with Crippen molar-refractivity contribution < 1.29 is 19.1 Å². The van der Waals surface area contributed by atoms with Gasteiger partial charge in [0.2, 0.25) is 0 Å². The van der Waals surface area contributed by atoms with Gasteiger partial charge in [-0.1, -0.05) is 23.8 Å². The number of aryl methyl sites for hydroxylation is 2. The monoisotopic (exact) mass is 420 g/mol. The first kappa shape index (κ1) is 21.1. The van der Waals surface area contributed by atoms with Crippen molar-refractivity contribution in [3.8, 4) is 5.75 Å². The number of hydrogen-bond donors (Lipinski definition) is 0. The predicted molar refractivity (Wildman–Crippen MR) is 120 cm³/mol. The lowest BCUT2D eigenvalue weighted by Gasteiger charge is -2.37. The second-order valence-corrected chi connectivity index (χ2v) is 8.35. The fourth-order valence-corrected chi connectivity index (χ4v) is 4.47. The first-order valence-corrected chi connectivity index (χ1v) is 10.5. The molecule has 2 atom stereocenters. The molecule has 162 valence electrons. The van der Waals surface area contributed by atoms with Crippen molar-refractivity contribution in [1.82, 2.24) is 4.90 Å². The van der Waals surface area contributed by atoms with Gasteiger partial charge in [-0.05, 0) is 63.1 Å². The highest BCUT2D eigenvalue weighted by Gasteiger charge is 2.44. The molecule has 1 saturated heterocycles. The van der Waals surface area contributed by atoms with Gasteiger partial charge in [-0.15, -0.1) is 0 Å². The zero-order valence-corrected chi connectivity index (χ0v) is 18.6. The number of imide groups is 1. The minimum absolute atomic E-state index is 0.0328. The van der Waals surface area contributed by atoms with E-state index < -0.39 is 0 Å². The summed E-state index contributed by atoms with van der Waals surface area (Å²) in [7, 11) is 1.58. The lowest BCUT2D eigenvalue weighted by atomic mass is 9.97. The molecule has 0 aliphatic carbocycles. The summed E-state index contributed by atoms with van der Waals surface area (Å²) >= 11 is 0. The summed E-state index contributed by atoms with van der Waals surface area (Å²) in [4.78, 5) is 30.6. The maximum Gasteiger partial charge on any atom is 0.282 e. The van der Waals surface area contributed by atoms with Crippen LogP contribution in [0.1, 0.15) is 30.5 Å². The number of methoxy groups -OCH3 is 1. The maximum atomic E-state index is 13.7. The van der Waals surface area contributed by atoms with Gasteiger partial charge in [0.05, 0.1) is 30.6 Å². The average Bonchev–Trinajstić information content (AvgIpc) is 2.97. The van der Waals surface area contributed by atoms with E-state index in [2.05, 4.69) is 0 Å². The minimum Gasteiger partial charge on any atom is -0.497 e. The van der Waals surface area contributed by atoms with Crippen LogP contribution >= 0.6 is 0 Å². The Kier molecular flexibility index (Phi) is 5.58. The normalized spacial score (nSPS) is 21.8. The Balaban J connectivity index is 1.84. The van der Waals surface area contributed by atoms with Crippen molar-refractivity contribution in [3.05, 3.63) is 64.9 Å². The van der Waals surface area contributed by atoms with Crippen LogP contribution in [0.25, 0.3) is 5.57 Å². The minimum atomic E-state index is -0.302. The third kappa shape index (κ3) is 3.83. The van der Waals surface area contributed by atoms with Crippen LogP contribution in [0, 0.1) is 13.8 Å². The molecule has 2 amide bonds. The molecule has 0 saturated carbocycles. The van der Waals surface area contributed by atoms with Crippen LogP contribution in [0.3, 0.4) is 0 Å². The number of morpholine rings is 1. The van der Waals surface area contributed by atoms with Crippen molar-refractivity contribution in [1.29, 1.82) is 0 Å². The second kappa shape index (κ2) is 8.19. The van der Waals surface area contributed by atoms with E-state index >= 15 is 0 Å². The van der Waals surface area contributed by atoms with Crippen molar-refractivity contribution in [2.75, 3.05) is 25.1 Å². The molecule has 0 spiro atoms. The van der Waals surface area contributed by atoms with E-state index in [1.54, 1.807) is 31.4 Å². The zero-order valence-electron chi connectivity index (χ0n) is 18.6. The Bertz CT molecular complexity index is 1050. The van der Waals surface area contributed by atoms with Crippen LogP contribution in [0.4, 0.5) is 5.69 Å². The fourth-order valence-electron chi connectivity index (χ4n) is 4.47. The van der Waals surface area contributed by atoms with E-state index in [0.717, 1.165) is 16.7 Å². The Morgan fingerprint density at radius 1 is 0.935 bits per heavy atom. The number of carbonyl (C=O) groups is 2. The predicted octanol–water partition coefficient (Wildman–Crippen LogP) is 3.71. The molecule has 2 unspecified atom stereocenters.